The summed E-state index contributed by atoms with van der Waals surface area (Å²) in [7, 11) is 1.71. The zero-order valence-corrected chi connectivity index (χ0v) is 16.3. The number of likely N-dealkylation sites (N-methyl/N-ethyl adjacent to an activating group) is 1. The van der Waals surface area contributed by atoms with Crippen LogP contribution in [0.2, 0.25) is 5.02 Å². The van der Waals surface area contributed by atoms with E-state index >= 15 is 0 Å². The van der Waals surface area contributed by atoms with Crippen LogP contribution in [0.3, 0.4) is 0 Å². The molecule has 0 spiro atoms. The summed E-state index contributed by atoms with van der Waals surface area (Å²) in [4.78, 5) is 19.3. The minimum Gasteiger partial charge on any atom is -0.490 e. The van der Waals surface area contributed by atoms with E-state index in [-0.39, 0.29) is 12.0 Å². The van der Waals surface area contributed by atoms with Crippen molar-refractivity contribution >= 4 is 46.2 Å². The highest BCUT2D eigenvalue weighted by atomic mass is 35.5. The summed E-state index contributed by atoms with van der Waals surface area (Å²) in [5, 5.41) is 1.14. The van der Waals surface area contributed by atoms with Crippen LogP contribution in [-0.4, -0.2) is 29.1 Å². The predicted octanol–water partition coefficient (Wildman–Crippen LogP) is 5.36. The van der Waals surface area contributed by atoms with Gasteiger partial charge in [-0.1, -0.05) is 41.9 Å². The Balaban J connectivity index is 1.93. The van der Waals surface area contributed by atoms with E-state index in [1.807, 2.05) is 62.4 Å². The van der Waals surface area contributed by atoms with Crippen LogP contribution in [0.5, 0.6) is 5.75 Å². The first-order valence-corrected chi connectivity index (χ1v) is 9.41. The number of nitrogens with zero attached hydrogens (tertiary/aromatic N) is 2. The number of halogens is 1. The van der Waals surface area contributed by atoms with E-state index in [1.165, 1.54) is 16.7 Å². The third-order valence-electron chi connectivity index (χ3n) is 3.64. The van der Waals surface area contributed by atoms with Gasteiger partial charge in [0, 0.05) is 12.6 Å². The molecule has 1 fully saturated rings. The van der Waals surface area contributed by atoms with E-state index in [9.17, 15) is 4.79 Å². The SMILES string of the molecule is CC(C)Oc1ccccc1/C=C1/SC(=Nc2ccccc2Cl)N(C)C1=O. The fourth-order valence-electron chi connectivity index (χ4n) is 2.40. The smallest absolute Gasteiger partial charge is 0.266 e. The Morgan fingerprint density at radius 1 is 1.15 bits per heavy atom. The lowest BCUT2D eigenvalue weighted by atomic mass is 10.2. The van der Waals surface area contributed by atoms with Crippen molar-refractivity contribution in [1.82, 2.24) is 4.90 Å². The Kier molecular flexibility index (Phi) is 5.69. The molecule has 0 bridgehead atoms. The summed E-state index contributed by atoms with van der Waals surface area (Å²) in [5.74, 6) is 0.655. The maximum atomic E-state index is 12.6. The number of amidine groups is 1. The molecule has 1 heterocycles. The second kappa shape index (κ2) is 7.98. The highest BCUT2D eigenvalue weighted by Crippen LogP contribution is 2.36. The third-order valence-corrected chi connectivity index (χ3v) is 5.02. The molecule has 0 radical (unpaired) electrons. The molecular formula is C20H19ClN2O2S. The molecular weight excluding hydrogens is 368 g/mol. The quantitative estimate of drug-likeness (QED) is 0.664. The fourth-order valence-corrected chi connectivity index (χ4v) is 3.55. The van der Waals surface area contributed by atoms with E-state index in [0.717, 1.165) is 11.3 Å². The monoisotopic (exact) mass is 386 g/mol. The van der Waals surface area contributed by atoms with Crippen LogP contribution >= 0.6 is 23.4 Å². The average Bonchev–Trinajstić information content (AvgIpc) is 2.86. The first-order chi connectivity index (χ1) is 12.5. The Morgan fingerprint density at radius 2 is 1.85 bits per heavy atom. The molecule has 134 valence electrons. The highest BCUT2D eigenvalue weighted by molar-refractivity contribution is 8.18. The van der Waals surface area contributed by atoms with Gasteiger partial charge in [-0.25, -0.2) is 4.99 Å². The molecule has 1 aliphatic heterocycles. The van der Waals surface area contributed by atoms with Gasteiger partial charge in [-0.3, -0.25) is 9.69 Å². The Hall–Kier alpha value is -2.24. The second-order valence-corrected chi connectivity index (χ2v) is 7.44. The molecule has 2 aromatic carbocycles. The van der Waals surface area contributed by atoms with Gasteiger partial charge in [0.25, 0.3) is 5.91 Å². The molecule has 0 N–H and O–H groups in total. The van der Waals surface area contributed by atoms with Gasteiger partial charge in [-0.2, -0.15) is 0 Å². The van der Waals surface area contributed by atoms with E-state index in [4.69, 9.17) is 16.3 Å². The topological polar surface area (TPSA) is 41.9 Å². The van der Waals surface area contributed by atoms with Crippen molar-refractivity contribution in [3.8, 4) is 5.75 Å². The maximum absolute atomic E-state index is 12.6. The van der Waals surface area contributed by atoms with E-state index in [2.05, 4.69) is 4.99 Å². The number of aliphatic imine (C=N–C) groups is 1. The van der Waals surface area contributed by atoms with Gasteiger partial charge in [0.1, 0.15) is 5.75 Å². The molecule has 2 aromatic rings. The first-order valence-electron chi connectivity index (χ1n) is 8.22. The molecule has 0 aliphatic carbocycles. The molecule has 3 rings (SSSR count). The second-order valence-electron chi connectivity index (χ2n) is 6.03. The predicted molar refractivity (Wildman–Crippen MR) is 109 cm³/mol. The van der Waals surface area contributed by atoms with Crippen molar-refractivity contribution in [3.63, 3.8) is 0 Å². The van der Waals surface area contributed by atoms with Crippen LogP contribution < -0.4 is 4.74 Å². The van der Waals surface area contributed by atoms with E-state index in [0.29, 0.717) is 20.8 Å². The lowest BCUT2D eigenvalue weighted by molar-refractivity contribution is -0.121. The number of hydrogen-bond donors (Lipinski definition) is 0. The van der Waals surface area contributed by atoms with Crippen molar-refractivity contribution in [2.24, 2.45) is 4.99 Å². The van der Waals surface area contributed by atoms with Crippen molar-refractivity contribution < 1.29 is 9.53 Å². The van der Waals surface area contributed by atoms with Gasteiger partial charge >= 0.3 is 0 Å². The number of rotatable bonds is 4. The van der Waals surface area contributed by atoms with Gasteiger partial charge in [0.05, 0.1) is 21.7 Å². The highest BCUT2D eigenvalue weighted by Gasteiger charge is 2.30. The minimum absolute atomic E-state index is 0.0569. The van der Waals surface area contributed by atoms with Crippen LogP contribution in [0.4, 0.5) is 5.69 Å². The molecule has 26 heavy (non-hydrogen) atoms. The summed E-state index contributed by atoms with van der Waals surface area (Å²) in [6, 6.07) is 15.0. The summed E-state index contributed by atoms with van der Waals surface area (Å²) < 4.78 is 5.83. The third kappa shape index (κ3) is 4.11. The summed E-state index contributed by atoms with van der Waals surface area (Å²) in [6.07, 6.45) is 1.90. The molecule has 4 nitrogen and oxygen atoms in total. The number of carbonyl (C=O) groups excluding carboxylic acids is 1. The normalized spacial score (nSPS) is 17.6. The van der Waals surface area contributed by atoms with Crippen molar-refractivity contribution in [1.29, 1.82) is 0 Å². The minimum atomic E-state index is -0.0971. The molecule has 0 saturated carbocycles. The van der Waals surface area contributed by atoms with Crippen LogP contribution in [0.1, 0.15) is 19.4 Å². The number of benzene rings is 2. The van der Waals surface area contributed by atoms with Gasteiger partial charge in [0.2, 0.25) is 0 Å². The first kappa shape index (κ1) is 18.5. The lowest BCUT2D eigenvalue weighted by Crippen LogP contribution is -2.23. The van der Waals surface area contributed by atoms with Gasteiger partial charge in [0.15, 0.2) is 5.17 Å². The zero-order chi connectivity index (χ0) is 18.7. The van der Waals surface area contributed by atoms with Crippen LogP contribution in [0.15, 0.2) is 58.4 Å². The van der Waals surface area contributed by atoms with Gasteiger partial charge < -0.3 is 4.74 Å². The molecule has 0 aromatic heterocycles. The summed E-state index contributed by atoms with van der Waals surface area (Å²) in [5.41, 5.74) is 1.51. The molecule has 1 amide bonds. The van der Waals surface area contributed by atoms with E-state index in [1.54, 1.807) is 13.1 Å². The largest absolute Gasteiger partial charge is 0.490 e. The maximum Gasteiger partial charge on any atom is 0.266 e. The molecule has 0 atom stereocenters. The Morgan fingerprint density at radius 3 is 2.58 bits per heavy atom. The number of carbonyl (C=O) groups is 1. The number of ether oxygens (including phenoxy) is 1. The molecule has 1 saturated heterocycles. The van der Waals surface area contributed by atoms with Gasteiger partial charge in [-0.15, -0.1) is 0 Å². The average molecular weight is 387 g/mol. The van der Waals surface area contributed by atoms with E-state index < -0.39 is 0 Å². The van der Waals surface area contributed by atoms with Crippen LogP contribution in [0.25, 0.3) is 6.08 Å². The van der Waals surface area contributed by atoms with Gasteiger partial charge in [-0.05, 0) is 49.9 Å². The summed E-state index contributed by atoms with van der Waals surface area (Å²) in [6.45, 7) is 3.95. The van der Waals surface area contributed by atoms with Crippen molar-refractivity contribution in [2.75, 3.05) is 7.05 Å². The van der Waals surface area contributed by atoms with Crippen molar-refractivity contribution in [2.45, 2.75) is 20.0 Å². The molecule has 6 heteroatoms. The Labute approximate surface area is 162 Å². The van der Waals surface area contributed by atoms with Crippen molar-refractivity contribution in [3.05, 3.63) is 64.0 Å². The Bertz CT molecular complexity index is 893. The molecule has 1 aliphatic rings. The number of amides is 1. The number of hydrogen-bond acceptors (Lipinski definition) is 4. The number of thioether (sulfide) groups is 1. The molecule has 0 unspecified atom stereocenters. The van der Waals surface area contributed by atoms with Crippen LogP contribution in [-0.2, 0) is 4.79 Å². The summed E-state index contributed by atoms with van der Waals surface area (Å²) >= 11 is 7.50. The standard InChI is InChI=1S/C20H19ClN2O2S/c1-13(2)25-17-11-7-4-8-14(17)12-18-19(24)23(3)20(26-18)22-16-10-6-5-9-15(16)21/h4-13H,1-3H3/b18-12+,22-20?. The van der Waals surface area contributed by atoms with Crippen LogP contribution in [0, 0.1) is 0 Å². The lowest BCUT2D eigenvalue weighted by Gasteiger charge is -2.12. The zero-order valence-electron chi connectivity index (χ0n) is 14.8. The fraction of sp³-hybridized carbons (Fsp3) is 0.200. The number of para-hydroxylation sites is 2.